The first-order valence-corrected chi connectivity index (χ1v) is 7.72. The molecule has 3 aliphatic heterocycles. The van der Waals surface area contributed by atoms with Crippen LogP contribution < -0.4 is 9.47 Å². The lowest BCUT2D eigenvalue weighted by atomic mass is 10.0. The number of carbonyl (C=O) groups is 1. The molecule has 0 aliphatic carbocycles. The van der Waals surface area contributed by atoms with Crippen LogP contribution >= 0.6 is 0 Å². The summed E-state index contributed by atoms with van der Waals surface area (Å²) in [5.41, 5.74) is 1.27. The van der Waals surface area contributed by atoms with Crippen LogP contribution in [0.4, 0.5) is 0 Å². The Bertz CT molecular complexity index is 560. The summed E-state index contributed by atoms with van der Waals surface area (Å²) < 4.78 is 10.9. The number of carbonyl (C=O) groups excluding carboxylic acids is 1. The van der Waals surface area contributed by atoms with Crippen LogP contribution in [0.2, 0.25) is 0 Å². The van der Waals surface area contributed by atoms with Gasteiger partial charge in [0.05, 0.1) is 6.67 Å². The molecule has 1 aromatic rings. The first-order chi connectivity index (χ1) is 10.3. The molecule has 1 aromatic carbocycles. The molecule has 0 spiro atoms. The zero-order valence-corrected chi connectivity index (χ0v) is 12.1. The van der Waals surface area contributed by atoms with Crippen LogP contribution in [0.25, 0.3) is 0 Å². The van der Waals surface area contributed by atoms with Crippen molar-refractivity contribution in [2.75, 3.05) is 26.6 Å². The van der Waals surface area contributed by atoms with Gasteiger partial charge >= 0.3 is 0 Å². The Morgan fingerprint density at radius 3 is 2.90 bits per heavy atom. The topological polar surface area (TPSA) is 42.0 Å². The van der Waals surface area contributed by atoms with Gasteiger partial charge in [-0.1, -0.05) is 6.07 Å². The highest BCUT2D eigenvalue weighted by atomic mass is 16.7. The van der Waals surface area contributed by atoms with E-state index in [2.05, 4.69) is 17.0 Å². The van der Waals surface area contributed by atoms with E-state index in [4.69, 9.17) is 9.47 Å². The lowest BCUT2D eigenvalue weighted by molar-refractivity contribution is -0.129. The number of ether oxygens (including phenoxy) is 2. The van der Waals surface area contributed by atoms with Crippen LogP contribution in [0, 0.1) is 0 Å². The Kier molecular flexibility index (Phi) is 3.22. The maximum absolute atomic E-state index is 11.8. The van der Waals surface area contributed by atoms with Gasteiger partial charge in [0.1, 0.15) is 0 Å². The molecule has 4 rings (SSSR count). The van der Waals surface area contributed by atoms with Crippen molar-refractivity contribution in [2.45, 2.75) is 31.7 Å². The maximum Gasteiger partial charge on any atom is 0.231 e. The fraction of sp³-hybridized carbons (Fsp3) is 0.562. The molecule has 0 saturated carbocycles. The predicted molar refractivity (Wildman–Crippen MR) is 77.1 cm³/mol. The summed E-state index contributed by atoms with van der Waals surface area (Å²) in [6.45, 7) is 3.04. The van der Waals surface area contributed by atoms with Gasteiger partial charge in [0.25, 0.3) is 0 Å². The summed E-state index contributed by atoms with van der Waals surface area (Å²) >= 11 is 0. The van der Waals surface area contributed by atoms with Crippen LogP contribution in [-0.4, -0.2) is 42.3 Å². The van der Waals surface area contributed by atoms with Gasteiger partial charge in [-0.15, -0.1) is 0 Å². The smallest absolute Gasteiger partial charge is 0.231 e. The van der Waals surface area contributed by atoms with Crippen LogP contribution in [0.15, 0.2) is 18.2 Å². The van der Waals surface area contributed by atoms with E-state index in [1.165, 1.54) is 12.0 Å². The number of nitrogens with zero attached hydrogens (tertiary/aromatic N) is 2. The third-order valence-corrected chi connectivity index (χ3v) is 4.67. The highest BCUT2D eigenvalue weighted by Gasteiger charge is 2.31. The first-order valence-electron chi connectivity index (χ1n) is 7.72. The highest BCUT2D eigenvalue weighted by Crippen LogP contribution is 2.39. The predicted octanol–water partition coefficient (Wildman–Crippen LogP) is 2.13. The molecule has 1 unspecified atom stereocenters. The molecule has 1 atom stereocenters. The van der Waals surface area contributed by atoms with Crippen molar-refractivity contribution in [1.29, 1.82) is 0 Å². The lowest BCUT2D eigenvalue weighted by Gasteiger charge is -2.29. The van der Waals surface area contributed by atoms with E-state index in [9.17, 15) is 4.79 Å². The second-order valence-corrected chi connectivity index (χ2v) is 5.99. The van der Waals surface area contributed by atoms with Crippen LogP contribution in [0.5, 0.6) is 11.5 Å². The van der Waals surface area contributed by atoms with Crippen molar-refractivity contribution in [1.82, 2.24) is 9.80 Å². The zero-order chi connectivity index (χ0) is 14.2. The maximum atomic E-state index is 11.8. The van der Waals surface area contributed by atoms with Gasteiger partial charge in [0.2, 0.25) is 12.7 Å². The number of hydrogen-bond acceptors (Lipinski definition) is 4. The largest absolute Gasteiger partial charge is 0.454 e. The molecular formula is C16H20N2O3. The number of rotatable bonds is 3. The molecule has 2 saturated heterocycles. The standard InChI is InChI=1S/C16H20N2O3/c19-16-4-2-8-18(16)10-17-7-1-3-13(17)12-5-6-14-15(9-12)21-11-20-14/h5-6,9,13H,1-4,7-8,10-11H2. The number of hydrogen-bond donors (Lipinski definition) is 0. The number of likely N-dealkylation sites (tertiary alicyclic amines) is 2. The molecule has 112 valence electrons. The molecule has 0 bridgehead atoms. The fourth-order valence-corrected chi connectivity index (χ4v) is 3.57. The van der Waals surface area contributed by atoms with Gasteiger partial charge in [0, 0.05) is 25.6 Å². The van der Waals surface area contributed by atoms with Crippen molar-refractivity contribution >= 4 is 5.91 Å². The molecule has 1 amide bonds. The van der Waals surface area contributed by atoms with Crippen molar-refractivity contribution in [3.8, 4) is 11.5 Å². The number of fused-ring (bicyclic) bond motifs is 1. The Hall–Kier alpha value is -1.75. The Balaban J connectivity index is 1.52. The van der Waals surface area contributed by atoms with Gasteiger partial charge < -0.3 is 14.4 Å². The molecular weight excluding hydrogens is 268 g/mol. The van der Waals surface area contributed by atoms with Crippen molar-refractivity contribution in [3.63, 3.8) is 0 Å². The first kappa shape index (κ1) is 13.0. The fourth-order valence-electron chi connectivity index (χ4n) is 3.57. The molecule has 3 heterocycles. The van der Waals surface area contributed by atoms with Gasteiger partial charge in [-0.3, -0.25) is 9.69 Å². The molecule has 5 heteroatoms. The van der Waals surface area contributed by atoms with E-state index < -0.39 is 0 Å². The van der Waals surface area contributed by atoms with Crippen LogP contribution in [0.3, 0.4) is 0 Å². The normalized spacial score (nSPS) is 25.0. The average Bonchev–Trinajstić information content (AvgIpc) is 3.20. The van der Waals surface area contributed by atoms with Gasteiger partial charge in [-0.25, -0.2) is 0 Å². The van der Waals surface area contributed by atoms with Crippen molar-refractivity contribution in [2.24, 2.45) is 0 Å². The quantitative estimate of drug-likeness (QED) is 0.854. The van der Waals surface area contributed by atoms with E-state index in [1.807, 2.05) is 11.0 Å². The summed E-state index contributed by atoms with van der Waals surface area (Å²) in [5.74, 6) is 1.97. The van der Waals surface area contributed by atoms with Gasteiger partial charge in [-0.05, 0) is 37.0 Å². The summed E-state index contributed by atoms with van der Waals surface area (Å²) in [4.78, 5) is 16.2. The second-order valence-electron chi connectivity index (χ2n) is 5.99. The number of amides is 1. The summed E-state index contributed by atoms with van der Waals surface area (Å²) in [7, 11) is 0. The van der Waals surface area contributed by atoms with Gasteiger partial charge in [0.15, 0.2) is 11.5 Å². The third kappa shape index (κ3) is 2.35. The van der Waals surface area contributed by atoms with Crippen molar-refractivity contribution < 1.29 is 14.3 Å². The monoisotopic (exact) mass is 288 g/mol. The van der Waals surface area contributed by atoms with E-state index in [0.717, 1.165) is 44.1 Å². The van der Waals surface area contributed by atoms with E-state index in [1.54, 1.807) is 0 Å². The minimum Gasteiger partial charge on any atom is -0.454 e. The van der Waals surface area contributed by atoms with Crippen molar-refractivity contribution in [3.05, 3.63) is 23.8 Å². The average molecular weight is 288 g/mol. The summed E-state index contributed by atoms with van der Waals surface area (Å²) in [6.07, 6.45) is 4.03. The molecule has 0 N–H and O–H groups in total. The second kappa shape index (κ2) is 5.22. The van der Waals surface area contributed by atoms with Gasteiger partial charge in [-0.2, -0.15) is 0 Å². The SMILES string of the molecule is O=C1CCCN1CN1CCCC1c1ccc2c(c1)OCO2. The summed E-state index contributed by atoms with van der Waals surface area (Å²) in [6, 6.07) is 6.60. The minimum atomic E-state index is 0.298. The zero-order valence-electron chi connectivity index (χ0n) is 12.1. The Morgan fingerprint density at radius 2 is 2.05 bits per heavy atom. The molecule has 0 aromatic heterocycles. The van der Waals surface area contributed by atoms with Crippen LogP contribution in [0.1, 0.15) is 37.3 Å². The van der Waals surface area contributed by atoms with E-state index in [-0.39, 0.29) is 0 Å². The Labute approximate surface area is 124 Å². The highest BCUT2D eigenvalue weighted by molar-refractivity contribution is 5.77. The lowest BCUT2D eigenvalue weighted by Crippen LogP contribution is -2.38. The van der Waals surface area contributed by atoms with Crippen LogP contribution in [-0.2, 0) is 4.79 Å². The Morgan fingerprint density at radius 1 is 1.14 bits per heavy atom. The van der Waals surface area contributed by atoms with E-state index >= 15 is 0 Å². The summed E-state index contributed by atoms with van der Waals surface area (Å²) in [5, 5.41) is 0. The molecule has 21 heavy (non-hydrogen) atoms. The molecule has 0 radical (unpaired) electrons. The minimum absolute atomic E-state index is 0.298. The molecule has 2 fully saturated rings. The van der Waals surface area contributed by atoms with E-state index in [0.29, 0.717) is 25.2 Å². The molecule has 3 aliphatic rings. The molecule has 5 nitrogen and oxygen atoms in total. The number of benzene rings is 1. The third-order valence-electron chi connectivity index (χ3n) is 4.67.